The Morgan fingerprint density at radius 2 is 2.00 bits per heavy atom. The van der Waals surface area contributed by atoms with E-state index in [-0.39, 0.29) is 5.60 Å². The summed E-state index contributed by atoms with van der Waals surface area (Å²) in [5.41, 5.74) is 1.44. The van der Waals surface area contributed by atoms with Crippen LogP contribution in [0.25, 0.3) is 0 Å². The average molecular weight is 320 g/mol. The van der Waals surface area contributed by atoms with Crippen LogP contribution in [0, 0.1) is 0 Å². The molecule has 1 spiro atoms. The van der Waals surface area contributed by atoms with E-state index in [0.717, 1.165) is 65.4 Å². The molecule has 0 aromatic carbocycles. The van der Waals surface area contributed by atoms with Crippen molar-refractivity contribution in [1.82, 2.24) is 19.6 Å². The highest BCUT2D eigenvalue weighted by atomic mass is 16.5. The minimum Gasteiger partial charge on any atom is -0.379 e. The lowest BCUT2D eigenvalue weighted by atomic mass is 9.87. The number of hydrogen-bond donors (Lipinski definition) is 0. The van der Waals surface area contributed by atoms with E-state index in [4.69, 9.17) is 9.47 Å². The van der Waals surface area contributed by atoms with Crippen molar-refractivity contribution in [2.75, 3.05) is 46.0 Å². The van der Waals surface area contributed by atoms with E-state index in [1.807, 2.05) is 17.9 Å². The summed E-state index contributed by atoms with van der Waals surface area (Å²) in [6.07, 6.45) is 7.62. The summed E-state index contributed by atoms with van der Waals surface area (Å²) in [7, 11) is 1.98. The quantitative estimate of drug-likeness (QED) is 0.827. The lowest BCUT2D eigenvalue weighted by molar-refractivity contribution is -0.0458. The van der Waals surface area contributed by atoms with Gasteiger partial charge in [0, 0.05) is 57.6 Å². The Kier molecular flexibility index (Phi) is 4.41. The molecular weight excluding hydrogens is 292 g/mol. The standard InChI is InChI=1S/C17H28N4O2/c1-19-12-15(11-18-19)13-20-4-2-17(3-5-20)10-16(14-23-17)21-6-8-22-9-7-21/h11-12,16H,2-10,13-14H2,1H3. The number of piperidine rings is 1. The fourth-order valence-corrected chi connectivity index (χ4v) is 4.28. The summed E-state index contributed by atoms with van der Waals surface area (Å²) in [5, 5.41) is 4.26. The van der Waals surface area contributed by atoms with Gasteiger partial charge in [0.05, 0.1) is 31.6 Å². The molecule has 1 atom stereocenters. The number of rotatable bonds is 3. The third-order valence-electron chi connectivity index (χ3n) is 5.68. The van der Waals surface area contributed by atoms with E-state index in [0.29, 0.717) is 6.04 Å². The van der Waals surface area contributed by atoms with Gasteiger partial charge in [-0.15, -0.1) is 0 Å². The zero-order chi connectivity index (χ0) is 15.7. The van der Waals surface area contributed by atoms with Crippen molar-refractivity contribution in [3.63, 3.8) is 0 Å². The van der Waals surface area contributed by atoms with Crippen molar-refractivity contribution in [3.05, 3.63) is 18.0 Å². The summed E-state index contributed by atoms with van der Waals surface area (Å²) in [5.74, 6) is 0. The van der Waals surface area contributed by atoms with Crippen LogP contribution in [0.4, 0.5) is 0 Å². The number of ether oxygens (including phenoxy) is 2. The van der Waals surface area contributed by atoms with Crippen molar-refractivity contribution in [3.8, 4) is 0 Å². The fraction of sp³-hybridized carbons (Fsp3) is 0.824. The Morgan fingerprint density at radius 1 is 1.22 bits per heavy atom. The molecule has 4 rings (SSSR count). The highest BCUT2D eigenvalue weighted by Crippen LogP contribution is 2.38. The van der Waals surface area contributed by atoms with Gasteiger partial charge in [0.15, 0.2) is 0 Å². The molecule has 0 aliphatic carbocycles. The van der Waals surface area contributed by atoms with Gasteiger partial charge in [0.2, 0.25) is 0 Å². The van der Waals surface area contributed by atoms with E-state index >= 15 is 0 Å². The fourth-order valence-electron chi connectivity index (χ4n) is 4.28. The Labute approximate surface area is 138 Å². The first-order valence-corrected chi connectivity index (χ1v) is 8.88. The van der Waals surface area contributed by atoms with Crippen LogP contribution in [-0.4, -0.2) is 77.2 Å². The molecule has 6 nitrogen and oxygen atoms in total. The van der Waals surface area contributed by atoms with Crippen LogP contribution in [0.15, 0.2) is 12.4 Å². The molecule has 23 heavy (non-hydrogen) atoms. The second-order valence-electron chi connectivity index (χ2n) is 7.30. The van der Waals surface area contributed by atoms with Gasteiger partial charge in [-0.05, 0) is 19.3 Å². The molecule has 0 radical (unpaired) electrons. The smallest absolute Gasteiger partial charge is 0.0723 e. The predicted molar refractivity (Wildman–Crippen MR) is 87.2 cm³/mol. The van der Waals surface area contributed by atoms with Crippen LogP contribution < -0.4 is 0 Å². The maximum absolute atomic E-state index is 6.32. The molecule has 1 unspecified atom stereocenters. The number of aromatic nitrogens is 2. The van der Waals surface area contributed by atoms with Crippen LogP contribution in [0.2, 0.25) is 0 Å². The molecule has 3 saturated heterocycles. The Morgan fingerprint density at radius 3 is 2.70 bits per heavy atom. The summed E-state index contributed by atoms with van der Waals surface area (Å²) in [6.45, 7) is 8.06. The van der Waals surface area contributed by atoms with Crippen LogP contribution >= 0.6 is 0 Å². The number of aryl methyl sites for hydroxylation is 1. The van der Waals surface area contributed by atoms with Crippen LogP contribution in [0.3, 0.4) is 0 Å². The molecule has 3 aliphatic heterocycles. The maximum atomic E-state index is 6.32. The Hall–Kier alpha value is -0.950. The number of nitrogens with zero attached hydrogens (tertiary/aromatic N) is 4. The first kappa shape index (κ1) is 15.6. The largest absolute Gasteiger partial charge is 0.379 e. The number of hydrogen-bond acceptors (Lipinski definition) is 5. The van der Waals surface area contributed by atoms with Crippen LogP contribution in [0.5, 0.6) is 0 Å². The number of likely N-dealkylation sites (tertiary alicyclic amines) is 1. The molecule has 1 aromatic heterocycles. The van der Waals surface area contributed by atoms with Gasteiger partial charge < -0.3 is 9.47 Å². The molecule has 3 fully saturated rings. The van der Waals surface area contributed by atoms with Gasteiger partial charge >= 0.3 is 0 Å². The van der Waals surface area contributed by atoms with E-state index in [1.54, 1.807) is 0 Å². The normalized spacial score (nSPS) is 29.3. The zero-order valence-electron chi connectivity index (χ0n) is 14.1. The van der Waals surface area contributed by atoms with Crippen molar-refractivity contribution >= 4 is 0 Å². The van der Waals surface area contributed by atoms with Crippen molar-refractivity contribution in [2.45, 2.75) is 37.5 Å². The molecule has 4 heterocycles. The van der Waals surface area contributed by atoms with Crippen LogP contribution in [-0.2, 0) is 23.1 Å². The lowest BCUT2D eigenvalue weighted by Crippen LogP contribution is -2.46. The van der Waals surface area contributed by atoms with Crippen molar-refractivity contribution in [2.24, 2.45) is 7.05 Å². The summed E-state index contributed by atoms with van der Waals surface area (Å²) < 4.78 is 13.7. The molecule has 0 amide bonds. The monoisotopic (exact) mass is 320 g/mol. The zero-order valence-corrected chi connectivity index (χ0v) is 14.1. The Balaban J connectivity index is 1.29. The van der Waals surface area contributed by atoms with E-state index in [9.17, 15) is 0 Å². The van der Waals surface area contributed by atoms with Crippen LogP contribution in [0.1, 0.15) is 24.8 Å². The molecule has 0 saturated carbocycles. The first-order chi connectivity index (χ1) is 11.2. The SMILES string of the molecule is Cn1cc(CN2CCC3(CC2)CC(N2CCOCC2)CO3)cn1. The maximum Gasteiger partial charge on any atom is 0.0723 e. The van der Waals surface area contributed by atoms with Gasteiger partial charge in [-0.3, -0.25) is 14.5 Å². The average Bonchev–Trinajstić information content (AvgIpc) is 3.18. The van der Waals surface area contributed by atoms with Crippen molar-refractivity contribution < 1.29 is 9.47 Å². The highest BCUT2D eigenvalue weighted by Gasteiger charge is 2.44. The lowest BCUT2D eigenvalue weighted by Gasteiger charge is -2.39. The summed E-state index contributed by atoms with van der Waals surface area (Å²) in [6, 6.07) is 0.601. The minimum atomic E-state index is 0.133. The third kappa shape index (κ3) is 3.45. The first-order valence-electron chi connectivity index (χ1n) is 8.88. The summed E-state index contributed by atoms with van der Waals surface area (Å²) >= 11 is 0. The second kappa shape index (κ2) is 6.51. The topological polar surface area (TPSA) is 42.8 Å². The van der Waals surface area contributed by atoms with E-state index in [1.165, 1.54) is 12.0 Å². The molecule has 0 bridgehead atoms. The highest BCUT2D eigenvalue weighted by molar-refractivity contribution is 5.04. The van der Waals surface area contributed by atoms with Gasteiger partial charge in [0.1, 0.15) is 0 Å². The molecule has 6 heteroatoms. The molecule has 128 valence electrons. The van der Waals surface area contributed by atoms with Gasteiger partial charge in [0.25, 0.3) is 0 Å². The molecular formula is C17H28N4O2. The molecule has 0 N–H and O–H groups in total. The van der Waals surface area contributed by atoms with Gasteiger partial charge in [-0.1, -0.05) is 0 Å². The Bertz CT molecular complexity index is 518. The predicted octanol–water partition coefficient (Wildman–Crippen LogP) is 0.876. The summed E-state index contributed by atoms with van der Waals surface area (Å²) in [4.78, 5) is 5.11. The van der Waals surface area contributed by atoms with E-state index in [2.05, 4.69) is 21.1 Å². The number of morpholine rings is 1. The van der Waals surface area contributed by atoms with Gasteiger partial charge in [-0.2, -0.15) is 5.10 Å². The third-order valence-corrected chi connectivity index (χ3v) is 5.68. The minimum absolute atomic E-state index is 0.133. The molecule has 1 aromatic rings. The van der Waals surface area contributed by atoms with E-state index < -0.39 is 0 Å². The second-order valence-corrected chi connectivity index (χ2v) is 7.30. The van der Waals surface area contributed by atoms with Crippen molar-refractivity contribution in [1.29, 1.82) is 0 Å². The van der Waals surface area contributed by atoms with Gasteiger partial charge in [-0.25, -0.2) is 0 Å². The molecule has 3 aliphatic rings.